The van der Waals surface area contributed by atoms with Crippen LogP contribution in [0.4, 0.5) is 0 Å². The highest BCUT2D eigenvalue weighted by Crippen LogP contribution is 2.27. The van der Waals surface area contributed by atoms with Crippen molar-refractivity contribution in [2.24, 2.45) is 0 Å². The topological polar surface area (TPSA) is 66.1 Å². The molecule has 4 rings (SSSR count). The lowest BCUT2D eigenvalue weighted by Crippen LogP contribution is -2.38. The van der Waals surface area contributed by atoms with Gasteiger partial charge in [0.15, 0.2) is 5.16 Å². The van der Waals surface area contributed by atoms with E-state index < -0.39 is 10.0 Å². The number of aromatic nitrogens is 2. The molecule has 1 aliphatic rings. The Hall–Kier alpha value is -1.83. The fraction of sp³-hybridized carbons (Fsp3) is 0.409. The van der Waals surface area contributed by atoms with Crippen molar-refractivity contribution >= 4 is 32.8 Å². The second-order valence-electron chi connectivity index (χ2n) is 7.61. The second-order valence-corrected chi connectivity index (χ2v) is 10.7. The Morgan fingerprint density at radius 3 is 2.52 bits per heavy atom. The van der Waals surface area contributed by atoms with Crippen LogP contribution in [0.1, 0.15) is 37.7 Å². The first-order valence-corrected chi connectivity index (χ1v) is 12.6. The zero-order valence-electron chi connectivity index (χ0n) is 16.7. The van der Waals surface area contributed by atoms with Gasteiger partial charge in [0.05, 0.1) is 15.9 Å². The number of hydrogen-bond donors (Lipinski definition) is 1. The molecule has 2 aromatic carbocycles. The molecule has 3 aromatic rings. The quantitative estimate of drug-likeness (QED) is 0.545. The van der Waals surface area contributed by atoms with E-state index in [0.717, 1.165) is 59.6 Å². The van der Waals surface area contributed by atoms with Gasteiger partial charge in [-0.1, -0.05) is 55.3 Å². The minimum Gasteiger partial charge on any atom is -0.333 e. The van der Waals surface area contributed by atoms with Crippen LogP contribution in [0.3, 0.4) is 0 Å². The normalized spacial score (nSPS) is 15.9. The maximum Gasteiger partial charge on any atom is 0.243 e. The van der Waals surface area contributed by atoms with Crippen LogP contribution < -0.4 is 0 Å². The molecule has 0 spiro atoms. The predicted molar refractivity (Wildman–Crippen MR) is 119 cm³/mol. The minimum absolute atomic E-state index is 0.133. The van der Waals surface area contributed by atoms with Gasteiger partial charge in [-0.2, -0.15) is 4.31 Å². The van der Waals surface area contributed by atoms with Gasteiger partial charge in [0.1, 0.15) is 0 Å². The lowest BCUT2D eigenvalue weighted by atomic mass is 9.96. The summed E-state index contributed by atoms with van der Waals surface area (Å²) in [6, 6.07) is 15.5. The third-order valence-electron chi connectivity index (χ3n) is 5.69. The monoisotopic (exact) mass is 429 g/mol. The third kappa shape index (κ3) is 4.68. The Morgan fingerprint density at radius 1 is 1.07 bits per heavy atom. The smallest absolute Gasteiger partial charge is 0.243 e. The number of aromatic amines is 1. The molecule has 1 aliphatic carbocycles. The first-order chi connectivity index (χ1) is 14.0. The van der Waals surface area contributed by atoms with Gasteiger partial charge >= 0.3 is 0 Å². The fourth-order valence-corrected chi connectivity index (χ4v) is 6.19. The third-order valence-corrected chi connectivity index (χ3v) is 8.49. The molecule has 0 atom stereocenters. The molecule has 1 heterocycles. The highest BCUT2D eigenvalue weighted by Gasteiger charge is 2.28. The molecule has 1 aromatic heterocycles. The van der Waals surface area contributed by atoms with Gasteiger partial charge in [-0.25, -0.2) is 13.4 Å². The number of sulfonamides is 1. The number of rotatable bonds is 7. The fourth-order valence-electron chi connectivity index (χ4n) is 3.90. The summed E-state index contributed by atoms with van der Waals surface area (Å²) in [6.45, 7) is 0. The van der Waals surface area contributed by atoms with E-state index >= 15 is 0 Å². The van der Waals surface area contributed by atoms with E-state index in [-0.39, 0.29) is 6.04 Å². The number of H-pyrrole nitrogens is 1. The zero-order valence-corrected chi connectivity index (χ0v) is 18.3. The summed E-state index contributed by atoms with van der Waals surface area (Å²) in [5.41, 5.74) is 3.16. The van der Waals surface area contributed by atoms with E-state index in [1.54, 1.807) is 35.2 Å². The van der Waals surface area contributed by atoms with E-state index in [9.17, 15) is 8.42 Å². The summed E-state index contributed by atoms with van der Waals surface area (Å²) >= 11 is 1.68. The zero-order chi connectivity index (χ0) is 20.3. The molecule has 5 nitrogen and oxygen atoms in total. The van der Waals surface area contributed by atoms with E-state index in [4.69, 9.17) is 0 Å². The lowest BCUT2D eigenvalue weighted by Gasteiger charge is -2.30. The van der Waals surface area contributed by atoms with Gasteiger partial charge in [0.25, 0.3) is 0 Å². The average Bonchev–Trinajstić information content (AvgIpc) is 3.17. The number of para-hydroxylation sites is 2. The molecular formula is C22H27N3O2S2. The van der Waals surface area contributed by atoms with Crippen LogP contribution in [0, 0.1) is 0 Å². The number of nitrogens with zero attached hydrogens (tertiary/aromatic N) is 2. The van der Waals surface area contributed by atoms with Gasteiger partial charge < -0.3 is 4.98 Å². The minimum atomic E-state index is -3.42. The maximum absolute atomic E-state index is 12.9. The first kappa shape index (κ1) is 20.4. The van der Waals surface area contributed by atoms with Crippen LogP contribution in [0.2, 0.25) is 0 Å². The van der Waals surface area contributed by atoms with E-state index in [0.29, 0.717) is 4.90 Å². The van der Waals surface area contributed by atoms with Crippen LogP contribution in [0.15, 0.2) is 58.6 Å². The summed E-state index contributed by atoms with van der Waals surface area (Å²) in [4.78, 5) is 8.29. The molecule has 1 fully saturated rings. The van der Waals surface area contributed by atoms with Crippen molar-refractivity contribution in [2.75, 3.05) is 12.8 Å². The van der Waals surface area contributed by atoms with E-state index in [1.165, 1.54) is 6.42 Å². The van der Waals surface area contributed by atoms with Crippen molar-refractivity contribution in [3.05, 3.63) is 54.1 Å². The molecule has 0 amide bonds. The van der Waals surface area contributed by atoms with Gasteiger partial charge in [-0.15, -0.1) is 0 Å². The standard InChI is InChI=1S/C22H27N3O2S2/c1-25(18-7-3-2-4-8-18)29(26,27)19-13-11-17(12-14-19)15-16-28-22-23-20-9-5-6-10-21(20)24-22/h5-6,9-14,18H,2-4,7-8,15-16H2,1H3,(H,23,24). The number of benzene rings is 2. The largest absolute Gasteiger partial charge is 0.333 e. The summed E-state index contributed by atoms with van der Waals surface area (Å²) in [7, 11) is -1.70. The number of aryl methyl sites for hydroxylation is 1. The Bertz CT molecular complexity index is 1020. The van der Waals surface area contributed by atoms with Crippen molar-refractivity contribution in [1.29, 1.82) is 0 Å². The van der Waals surface area contributed by atoms with Crippen LogP contribution >= 0.6 is 11.8 Å². The molecule has 29 heavy (non-hydrogen) atoms. The number of hydrogen-bond acceptors (Lipinski definition) is 4. The number of thioether (sulfide) groups is 1. The number of imidazole rings is 1. The molecule has 1 N–H and O–H groups in total. The van der Waals surface area contributed by atoms with Crippen LogP contribution in [-0.4, -0.2) is 41.5 Å². The average molecular weight is 430 g/mol. The molecule has 0 bridgehead atoms. The molecule has 0 saturated heterocycles. The molecule has 7 heteroatoms. The van der Waals surface area contributed by atoms with Gasteiger partial charge in [0, 0.05) is 18.8 Å². The highest BCUT2D eigenvalue weighted by molar-refractivity contribution is 7.99. The maximum atomic E-state index is 12.9. The lowest BCUT2D eigenvalue weighted by molar-refractivity contribution is 0.286. The Balaban J connectivity index is 1.35. The molecule has 0 aliphatic heterocycles. The predicted octanol–water partition coefficient (Wildman–Crippen LogP) is 4.85. The summed E-state index contributed by atoms with van der Waals surface area (Å²) in [6.07, 6.45) is 6.24. The van der Waals surface area contributed by atoms with E-state index in [1.807, 2.05) is 36.4 Å². The summed E-state index contributed by atoms with van der Waals surface area (Å²) < 4.78 is 27.5. The van der Waals surface area contributed by atoms with Crippen molar-refractivity contribution < 1.29 is 8.42 Å². The van der Waals surface area contributed by atoms with Gasteiger partial charge in [0.2, 0.25) is 10.0 Å². The SMILES string of the molecule is CN(C1CCCCC1)S(=O)(=O)c1ccc(CCSc2nc3ccccc3[nH]2)cc1. The summed E-state index contributed by atoms with van der Waals surface area (Å²) in [5, 5.41) is 0.916. The van der Waals surface area contributed by atoms with Crippen LogP contribution in [0.25, 0.3) is 11.0 Å². The Kier molecular flexibility index (Phi) is 6.27. The molecular weight excluding hydrogens is 402 g/mol. The molecule has 0 radical (unpaired) electrons. The molecule has 0 unspecified atom stereocenters. The number of fused-ring (bicyclic) bond motifs is 1. The second kappa shape index (κ2) is 8.90. The van der Waals surface area contributed by atoms with Gasteiger partial charge in [-0.05, 0) is 49.1 Å². The van der Waals surface area contributed by atoms with Crippen molar-refractivity contribution in [1.82, 2.24) is 14.3 Å². The summed E-state index contributed by atoms with van der Waals surface area (Å²) in [5.74, 6) is 0.883. The van der Waals surface area contributed by atoms with Crippen LogP contribution in [-0.2, 0) is 16.4 Å². The first-order valence-electron chi connectivity index (χ1n) is 10.2. The number of nitrogens with one attached hydrogen (secondary N) is 1. The molecule has 1 saturated carbocycles. The highest BCUT2D eigenvalue weighted by atomic mass is 32.2. The van der Waals surface area contributed by atoms with Gasteiger partial charge in [-0.3, -0.25) is 0 Å². The van der Waals surface area contributed by atoms with Crippen molar-refractivity contribution in [3.8, 4) is 0 Å². The Morgan fingerprint density at radius 2 is 1.79 bits per heavy atom. The molecule has 154 valence electrons. The Labute approximate surface area is 177 Å². The van der Waals surface area contributed by atoms with Crippen molar-refractivity contribution in [2.45, 2.75) is 54.6 Å². The van der Waals surface area contributed by atoms with Crippen LogP contribution in [0.5, 0.6) is 0 Å². The van der Waals surface area contributed by atoms with E-state index in [2.05, 4.69) is 9.97 Å². The van der Waals surface area contributed by atoms with Crippen molar-refractivity contribution in [3.63, 3.8) is 0 Å².